The summed E-state index contributed by atoms with van der Waals surface area (Å²) < 4.78 is 10.9. The van der Waals surface area contributed by atoms with E-state index < -0.39 is 11.6 Å². The molecule has 0 aromatic heterocycles. The minimum Gasteiger partial charge on any atom is -0.457 e. The predicted octanol–water partition coefficient (Wildman–Crippen LogP) is 3.89. The van der Waals surface area contributed by atoms with Gasteiger partial charge in [0.1, 0.15) is 11.5 Å². The van der Waals surface area contributed by atoms with E-state index in [9.17, 15) is 4.79 Å². The highest BCUT2D eigenvalue weighted by atomic mass is 16.6. The molecule has 0 heterocycles. The van der Waals surface area contributed by atoms with E-state index >= 15 is 0 Å². The third-order valence-corrected chi connectivity index (χ3v) is 3.01. The standard InChI is InChI=1S/C18H16O3/c1-4-18(3,21-14(2)19)15-10-12-17(13-11-15)20-16-8-6-5-7-9-16/h1,5-13H,2-3H3. The molecule has 0 spiro atoms. The lowest BCUT2D eigenvalue weighted by Gasteiger charge is -2.23. The first-order valence-electron chi connectivity index (χ1n) is 6.54. The van der Waals surface area contributed by atoms with Gasteiger partial charge in [-0.15, -0.1) is 6.42 Å². The molecular formula is C18H16O3. The van der Waals surface area contributed by atoms with E-state index in [2.05, 4.69) is 5.92 Å². The Labute approximate surface area is 124 Å². The van der Waals surface area contributed by atoms with E-state index in [0.717, 1.165) is 11.3 Å². The number of carbonyl (C=O) groups excluding carboxylic acids is 1. The second-order valence-corrected chi connectivity index (χ2v) is 4.71. The molecule has 0 saturated carbocycles. The number of esters is 1. The summed E-state index contributed by atoms with van der Waals surface area (Å²) in [7, 11) is 0. The molecule has 106 valence electrons. The van der Waals surface area contributed by atoms with Crippen LogP contribution < -0.4 is 4.74 Å². The van der Waals surface area contributed by atoms with Gasteiger partial charge in [0.05, 0.1) is 0 Å². The summed E-state index contributed by atoms with van der Waals surface area (Å²) in [6.07, 6.45) is 5.49. The van der Waals surface area contributed by atoms with Crippen molar-refractivity contribution < 1.29 is 14.3 Å². The lowest BCUT2D eigenvalue weighted by atomic mass is 9.96. The maximum Gasteiger partial charge on any atom is 0.304 e. The summed E-state index contributed by atoms with van der Waals surface area (Å²) in [5, 5.41) is 0. The SMILES string of the molecule is C#CC(C)(OC(C)=O)c1ccc(Oc2ccccc2)cc1. The highest BCUT2D eigenvalue weighted by Crippen LogP contribution is 2.28. The maximum absolute atomic E-state index is 11.2. The molecule has 21 heavy (non-hydrogen) atoms. The van der Waals surface area contributed by atoms with Crippen LogP contribution in [0, 0.1) is 12.3 Å². The van der Waals surface area contributed by atoms with Gasteiger partial charge in [0.15, 0.2) is 5.60 Å². The first kappa shape index (κ1) is 14.7. The van der Waals surface area contributed by atoms with E-state index in [-0.39, 0.29) is 0 Å². The van der Waals surface area contributed by atoms with Crippen molar-refractivity contribution in [3.05, 3.63) is 60.2 Å². The molecule has 1 unspecified atom stereocenters. The average molecular weight is 280 g/mol. The van der Waals surface area contributed by atoms with Gasteiger partial charge in [-0.05, 0) is 31.2 Å². The monoisotopic (exact) mass is 280 g/mol. The number of carbonyl (C=O) groups is 1. The minimum absolute atomic E-state index is 0.417. The molecule has 3 nitrogen and oxygen atoms in total. The molecule has 1 atom stereocenters. The van der Waals surface area contributed by atoms with Gasteiger partial charge in [-0.3, -0.25) is 4.79 Å². The molecule has 0 N–H and O–H groups in total. The van der Waals surface area contributed by atoms with Gasteiger partial charge in [-0.1, -0.05) is 36.3 Å². The molecule has 0 aliphatic rings. The zero-order chi connectivity index (χ0) is 15.3. The van der Waals surface area contributed by atoms with Crippen LogP contribution in [0.3, 0.4) is 0 Å². The van der Waals surface area contributed by atoms with Crippen LogP contribution in [0.4, 0.5) is 0 Å². The Morgan fingerprint density at radius 3 is 2.14 bits per heavy atom. The minimum atomic E-state index is -1.07. The van der Waals surface area contributed by atoms with Gasteiger partial charge in [0.25, 0.3) is 0 Å². The average Bonchev–Trinajstić information content (AvgIpc) is 2.48. The predicted molar refractivity (Wildman–Crippen MR) is 80.9 cm³/mol. The zero-order valence-corrected chi connectivity index (χ0v) is 12.0. The van der Waals surface area contributed by atoms with E-state index in [1.807, 2.05) is 30.3 Å². The Bertz CT molecular complexity index is 653. The van der Waals surface area contributed by atoms with Crippen LogP contribution in [-0.2, 0) is 15.1 Å². The largest absolute Gasteiger partial charge is 0.457 e. The van der Waals surface area contributed by atoms with Gasteiger partial charge < -0.3 is 9.47 Å². The smallest absolute Gasteiger partial charge is 0.304 e. The Morgan fingerprint density at radius 1 is 1.05 bits per heavy atom. The first-order chi connectivity index (χ1) is 10.0. The van der Waals surface area contributed by atoms with Crippen LogP contribution in [0.1, 0.15) is 19.4 Å². The fraction of sp³-hybridized carbons (Fsp3) is 0.167. The molecule has 2 aromatic rings. The summed E-state index contributed by atoms with van der Waals surface area (Å²) in [4.78, 5) is 11.2. The van der Waals surface area contributed by atoms with Crippen LogP contribution in [0.2, 0.25) is 0 Å². The van der Waals surface area contributed by atoms with Gasteiger partial charge in [-0.25, -0.2) is 0 Å². The number of hydrogen-bond acceptors (Lipinski definition) is 3. The third-order valence-electron chi connectivity index (χ3n) is 3.01. The maximum atomic E-state index is 11.2. The molecule has 0 saturated heterocycles. The normalized spacial score (nSPS) is 12.8. The number of rotatable bonds is 4. The van der Waals surface area contributed by atoms with E-state index in [1.165, 1.54) is 6.92 Å². The Morgan fingerprint density at radius 2 is 1.62 bits per heavy atom. The second kappa shape index (κ2) is 6.15. The summed E-state index contributed by atoms with van der Waals surface area (Å²) in [5.74, 6) is 3.54. The number of benzene rings is 2. The quantitative estimate of drug-likeness (QED) is 0.629. The first-order valence-corrected chi connectivity index (χ1v) is 6.54. The van der Waals surface area contributed by atoms with E-state index in [1.54, 1.807) is 31.2 Å². The lowest BCUT2D eigenvalue weighted by molar-refractivity contribution is -0.151. The molecule has 0 bridgehead atoms. The highest BCUT2D eigenvalue weighted by molar-refractivity contribution is 5.67. The van der Waals surface area contributed by atoms with Crippen LogP contribution in [-0.4, -0.2) is 5.97 Å². The lowest BCUT2D eigenvalue weighted by Crippen LogP contribution is -2.26. The van der Waals surface area contributed by atoms with Gasteiger partial charge in [0.2, 0.25) is 0 Å². The summed E-state index contributed by atoms with van der Waals surface area (Å²) in [6.45, 7) is 3.02. The van der Waals surface area contributed by atoms with Gasteiger partial charge in [0, 0.05) is 12.5 Å². The van der Waals surface area contributed by atoms with Crippen molar-refractivity contribution in [2.45, 2.75) is 19.4 Å². The summed E-state index contributed by atoms with van der Waals surface area (Å²) in [5.41, 5.74) is -0.350. The zero-order valence-electron chi connectivity index (χ0n) is 12.0. The van der Waals surface area contributed by atoms with Crippen molar-refractivity contribution in [3.8, 4) is 23.8 Å². The Balaban J connectivity index is 2.19. The van der Waals surface area contributed by atoms with Crippen LogP contribution in [0.25, 0.3) is 0 Å². The molecular weight excluding hydrogens is 264 g/mol. The molecule has 3 heteroatoms. The topological polar surface area (TPSA) is 35.5 Å². The third kappa shape index (κ3) is 3.64. The second-order valence-electron chi connectivity index (χ2n) is 4.71. The van der Waals surface area contributed by atoms with Crippen molar-refractivity contribution in [2.75, 3.05) is 0 Å². The van der Waals surface area contributed by atoms with Crippen molar-refractivity contribution in [2.24, 2.45) is 0 Å². The molecule has 0 amide bonds. The van der Waals surface area contributed by atoms with Crippen LogP contribution >= 0.6 is 0 Å². The molecule has 0 fully saturated rings. The molecule has 0 aliphatic heterocycles. The number of para-hydroxylation sites is 1. The van der Waals surface area contributed by atoms with Gasteiger partial charge >= 0.3 is 5.97 Å². The summed E-state index contributed by atoms with van der Waals surface area (Å²) >= 11 is 0. The van der Waals surface area contributed by atoms with Crippen LogP contribution in [0.5, 0.6) is 11.5 Å². The van der Waals surface area contributed by atoms with Crippen molar-refractivity contribution in [1.29, 1.82) is 0 Å². The van der Waals surface area contributed by atoms with Crippen molar-refractivity contribution in [3.63, 3.8) is 0 Å². The number of ether oxygens (including phenoxy) is 2. The fourth-order valence-electron chi connectivity index (χ4n) is 1.92. The van der Waals surface area contributed by atoms with Crippen molar-refractivity contribution in [1.82, 2.24) is 0 Å². The van der Waals surface area contributed by atoms with Gasteiger partial charge in [-0.2, -0.15) is 0 Å². The molecule has 0 aliphatic carbocycles. The highest BCUT2D eigenvalue weighted by Gasteiger charge is 2.27. The van der Waals surface area contributed by atoms with Crippen molar-refractivity contribution >= 4 is 5.97 Å². The fourth-order valence-corrected chi connectivity index (χ4v) is 1.92. The van der Waals surface area contributed by atoms with E-state index in [4.69, 9.17) is 15.9 Å². The number of terminal acetylenes is 1. The molecule has 0 radical (unpaired) electrons. The van der Waals surface area contributed by atoms with E-state index in [0.29, 0.717) is 5.75 Å². The molecule has 2 rings (SSSR count). The Kier molecular flexibility index (Phi) is 4.30. The van der Waals surface area contributed by atoms with Crippen LogP contribution in [0.15, 0.2) is 54.6 Å². The number of hydrogen-bond donors (Lipinski definition) is 0. The summed E-state index contributed by atoms with van der Waals surface area (Å²) in [6, 6.07) is 16.6. The molecule has 2 aromatic carbocycles. The Hall–Kier alpha value is -2.73.